The molecule has 3 aliphatic rings. The van der Waals surface area contributed by atoms with Crippen molar-refractivity contribution in [2.45, 2.75) is 83.0 Å². The van der Waals surface area contributed by atoms with Crippen LogP contribution in [0.15, 0.2) is 64.0 Å². The summed E-state index contributed by atoms with van der Waals surface area (Å²) in [5, 5.41) is 14.1. The van der Waals surface area contributed by atoms with Crippen LogP contribution < -0.4 is 15.8 Å². The number of ether oxygens (including phenoxy) is 2. The number of nitrogens with zero attached hydrogens (tertiary/aromatic N) is 3. The van der Waals surface area contributed by atoms with E-state index in [1.807, 2.05) is 6.07 Å². The maximum absolute atomic E-state index is 16.4. The molecule has 3 unspecified atom stereocenters. The Balaban J connectivity index is 1.30. The average Bonchev–Trinajstić information content (AvgIpc) is 3.43. The molecule has 0 spiro atoms. The number of anilines is 1. The molecule has 0 radical (unpaired) electrons. The van der Waals surface area contributed by atoms with Gasteiger partial charge in [-0.1, -0.05) is 15.9 Å². The van der Waals surface area contributed by atoms with E-state index in [2.05, 4.69) is 26.1 Å². The van der Waals surface area contributed by atoms with Crippen molar-refractivity contribution in [2.75, 3.05) is 44.4 Å². The number of pyridine rings is 1. The zero-order valence-electron chi connectivity index (χ0n) is 33.6. The second-order valence-corrected chi connectivity index (χ2v) is 16.8. The first kappa shape index (κ1) is 44.2. The van der Waals surface area contributed by atoms with Crippen molar-refractivity contribution in [2.24, 2.45) is 0 Å². The second kappa shape index (κ2) is 17.8. The molecule has 4 atom stereocenters. The molecule has 61 heavy (non-hydrogen) atoms. The van der Waals surface area contributed by atoms with Gasteiger partial charge in [0.2, 0.25) is 5.91 Å². The normalized spacial score (nSPS) is 19.1. The minimum Gasteiger partial charge on any atom is -0.507 e. The highest BCUT2D eigenvalue weighted by Crippen LogP contribution is 2.42. The Morgan fingerprint density at radius 1 is 1.00 bits per heavy atom. The summed E-state index contributed by atoms with van der Waals surface area (Å²) in [5.41, 5.74) is -1.32. The van der Waals surface area contributed by atoms with Crippen molar-refractivity contribution in [3.05, 3.63) is 115 Å². The molecule has 326 valence electrons. The van der Waals surface area contributed by atoms with Crippen LogP contribution in [-0.4, -0.2) is 84.2 Å². The number of phenols is 1. The fourth-order valence-corrected chi connectivity index (χ4v) is 9.14. The second-order valence-electron chi connectivity index (χ2n) is 15.9. The number of carbonyl (C=O) groups excluding carboxylic acids is 2. The molecule has 2 bridgehead atoms. The molecule has 1 aromatic heterocycles. The highest BCUT2D eigenvalue weighted by atomic mass is 79.9. The number of aryl methyl sites for hydroxylation is 2. The number of benzene rings is 3. The van der Waals surface area contributed by atoms with E-state index in [0.29, 0.717) is 40.5 Å². The summed E-state index contributed by atoms with van der Waals surface area (Å²) in [4.78, 5) is 45.3. The standard InChI is InChI=1S/C44H45BrF6N4O6/c1-4-61-39(58)17-36(33-13-26(11-24(3)41(33)48)40-23(2)12-31(15-37(40)56)55-29-6-7-30(55)22-60-21-29)52-43(59)42(32-14-27(45)5-8-35(32)47)54-18-25(9-10-53-19-28(46)20-53)34(16-38(54)57)44(49,50)51/h5,8,11-16,18,28-30,36,42,56H,4,6-7,9-10,17,19-22H2,1-3H3,(H,52,59)/t29?,30?,36-,42?/m0/s1. The van der Waals surface area contributed by atoms with Gasteiger partial charge >= 0.3 is 12.1 Å². The minimum atomic E-state index is -4.98. The zero-order valence-corrected chi connectivity index (χ0v) is 35.2. The SMILES string of the molecule is CCOC(=O)C[C@H](NC(=O)C(c1cc(Br)ccc1F)n1cc(CCN2CC(F)C2)c(C(F)(F)F)cc1=O)c1cc(-c2c(C)cc(N3C4CCC3COC4)cc2O)cc(C)c1F. The molecular formula is C44H45BrF6N4O6. The van der Waals surface area contributed by atoms with Gasteiger partial charge in [0.15, 0.2) is 0 Å². The number of fused-ring (bicyclic) bond motifs is 2. The molecule has 3 saturated heterocycles. The molecule has 3 aromatic carbocycles. The lowest BCUT2D eigenvalue weighted by atomic mass is 9.91. The fourth-order valence-electron chi connectivity index (χ4n) is 8.76. The summed E-state index contributed by atoms with van der Waals surface area (Å²) < 4.78 is 101. The number of aromatic hydroxyl groups is 1. The van der Waals surface area contributed by atoms with Crippen LogP contribution in [0.3, 0.4) is 0 Å². The van der Waals surface area contributed by atoms with Crippen molar-refractivity contribution in [1.29, 1.82) is 0 Å². The van der Waals surface area contributed by atoms with Crippen molar-refractivity contribution in [3.63, 3.8) is 0 Å². The van der Waals surface area contributed by atoms with Gasteiger partial charge in [0.1, 0.15) is 29.6 Å². The Hall–Kier alpha value is -4.87. The number of hydrogen-bond donors (Lipinski definition) is 2. The van der Waals surface area contributed by atoms with Crippen molar-refractivity contribution >= 4 is 33.5 Å². The smallest absolute Gasteiger partial charge is 0.416 e. The van der Waals surface area contributed by atoms with Crippen molar-refractivity contribution in [1.82, 2.24) is 14.8 Å². The van der Waals surface area contributed by atoms with Crippen molar-refractivity contribution < 1.29 is 50.5 Å². The summed E-state index contributed by atoms with van der Waals surface area (Å²) in [6.45, 7) is 5.93. The number of rotatable bonds is 13. The van der Waals surface area contributed by atoms with Crippen LogP contribution in [0, 0.1) is 25.5 Å². The van der Waals surface area contributed by atoms with E-state index in [0.717, 1.165) is 30.8 Å². The first-order chi connectivity index (χ1) is 28.9. The molecule has 3 aliphatic heterocycles. The van der Waals surface area contributed by atoms with Crippen molar-refractivity contribution in [3.8, 4) is 16.9 Å². The Kier molecular flexibility index (Phi) is 12.9. The fraction of sp³-hybridized carbons (Fsp3) is 0.432. The lowest BCUT2D eigenvalue weighted by Gasteiger charge is -2.37. The van der Waals surface area contributed by atoms with E-state index in [-0.39, 0.29) is 66.1 Å². The number of morpholine rings is 1. The van der Waals surface area contributed by atoms with Crippen LogP contribution in [0.25, 0.3) is 11.1 Å². The third-order valence-electron chi connectivity index (χ3n) is 11.6. The van der Waals surface area contributed by atoms with Crippen LogP contribution >= 0.6 is 15.9 Å². The topological polar surface area (TPSA) is 113 Å². The average molecular weight is 920 g/mol. The van der Waals surface area contributed by atoms with E-state index < -0.39 is 76.6 Å². The molecule has 4 heterocycles. The third-order valence-corrected chi connectivity index (χ3v) is 12.1. The quantitative estimate of drug-likeness (QED) is 0.103. The van der Waals surface area contributed by atoms with Gasteiger partial charge in [-0.2, -0.15) is 13.2 Å². The highest BCUT2D eigenvalue weighted by molar-refractivity contribution is 9.10. The summed E-state index contributed by atoms with van der Waals surface area (Å²) in [7, 11) is 0. The van der Waals surface area contributed by atoms with Crippen LogP contribution in [0.5, 0.6) is 5.75 Å². The predicted molar refractivity (Wildman–Crippen MR) is 218 cm³/mol. The van der Waals surface area contributed by atoms with Gasteiger partial charge in [0, 0.05) is 64.8 Å². The molecule has 4 aromatic rings. The first-order valence-electron chi connectivity index (χ1n) is 20.0. The molecule has 0 saturated carbocycles. The van der Waals surface area contributed by atoms with E-state index in [9.17, 15) is 37.1 Å². The number of amides is 1. The lowest BCUT2D eigenvalue weighted by molar-refractivity contribution is -0.144. The summed E-state index contributed by atoms with van der Waals surface area (Å²) in [6, 6.07) is 7.11. The molecule has 17 heteroatoms. The number of phenolic OH excluding ortho intramolecular Hbond substituents is 1. The monoisotopic (exact) mass is 918 g/mol. The number of alkyl halides is 4. The van der Waals surface area contributed by atoms with E-state index in [1.165, 1.54) is 31.2 Å². The number of hydrogen-bond acceptors (Lipinski definition) is 8. The number of nitrogens with one attached hydrogen (secondary N) is 1. The maximum atomic E-state index is 16.4. The summed E-state index contributed by atoms with van der Waals surface area (Å²) in [6.07, 6.45) is -4.30. The minimum absolute atomic E-state index is 0.00635. The Labute approximate surface area is 356 Å². The Morgan fingerprint density at radius 2 is 1.70 bits per heavy atom. The number of halogens is 7. The zero-order chi connectivity index (χ0) is 43.9. The number of carbonyl (C=O) groups is 2. The van der Waals surface area contributed by atoms with Gasteiger partial charge in [-0.15, -0.1) is 0 Å². The van der Waals surface area contributed by atoms with Gasteiger partial charge in [-0.05, 0) is 98.7 Å². The molecule has 7 rings (SSSR count). The molecule has 2 N–H and O–H groups in total. The van der Waals surface area contributed by atoms with E-state index in [1.54, 1.807) is 24.8 Å². The van der Waals surface area contributed by atoms with Crippen LogP contribution in [0.2, 0.25) is 0 Å². The number of likely N-dealkylation sites (tertiary alicyclic amines) is 1. The summed E-state index contributed by atoms with van der Waals surface area (Å²) >= 11 is 3.24. The Bertz CT molecular complexity index is 2350. The van der Waals surface area contributed by atoms with Gasteiger partial charge in [-0.25, -0.2) is 13.2 Å². The van der Waals surface area contributed by atoms with E-state index >= 15 is 8.78 Å². The van der Waals surface area contributed by atoms with Gasteiger partial charge in [0.05, 0.1) is 49.9 Å². The van der Waals surface area contributed by atoms with E-state index in [4.69, 9.17) is 9.47 Å². The lowest BCUT2D eigenvalue weighted by Crippen LogP contribution is -2.49. The first-order valence-corrected chi connectivity index (χ1v) is 20.8. The molecular weight excluding hydrogens is 874 g/mol. The Morgan fingerprint density at radius 3 is 2.34 bits per heavy atom. The molecule has 10 nitrogen and oxygen atoms in total. The molecule has 1 amide bonds. The van der Waals surface area contributed by atoms with Gasteiger partial charge in [-0.3, -0.25) is 23.9 Å². The largest absolute Gasteiger partial charge is 0.507 e. The van der Waals surface area contributed by atoms with Gasteiger partial charge < -0.3 is 24.8 Å². The highest BCUT2D eigenvalue weighted by Gasteiger charge is 2.39. The predicted octanol–water partition coefficient (Wildman–Crippen LogP) is 7.86. The van der Waals surface area contributed by atoms with Crippen LogP contribution in [0.4, 0.5) is 32.0 Å². The number of esters is 1. The van der Waals surface area contributed by atoms with Gasteiger partial charge in [0.25, 0.3) is 5.56 Å². The molecule has 0 aliphatic carbocycles. The summed E-state index contributed by atoms with van der Waals surface area (Å²) in [5.74, 6) is -3.91. The third kappa shape index (κ3) is 9.33. The molecule has 3 fully saturated rings. The number of aromatic nitrogens is 1. The van der Waals surface area contributed by atoms with Crippen LogP contribution in [-0.2, 0) is 31.7 Å². The van der Waals surface area contributed by atoms with Crippen LogP contribution in [0.1, 0.15) is 71.7 Å². The maximum Gasteiger partial charge on any atom is 0.416 e.